The average Bonchev–Trinajstić information content (AvgIpc) is 1.61. The quantitative estimate of drug-likeness (QED) is 0.461. The zero-order valence-electron chi connectivity index (χ0n) is 3.27. The Kier molecular flexibility index (Phi) is 5.31. The first kappa shape index (κ1) is 8.92. The number of rotatable bonds is 3. The maximum Gasteiger partial charge on any atom is 0.0188 e. The molecule has 0 bridgehead atoms. The van der Waals surface area contributed by atoms with Crippen molar-refractivity contribution in [2.75, 3.05) is 0 Å². The molecule has 0 aromatic rings. The van der Waals surface area contributed by atoms with Gasteiger partial charge in [-0.25, -0.2) is 0 Å². The van der Waals surface area contributed by atoms with Crippen molar-refractivity contribution in [2.24, 2.45) is 0 Å². The fraction of sp³-hybridized carbons (Fsp3) is 0. The lowest BCUT2D eigenvalue weighted by Crippen LogP contribution is -1.76. The van der Waals surface area contributed by atoms with Gasteiger partial charge in [0.25, 0.3) is 0 Å². The summed E-state index contributed by atoms with van der Waals surface area (Å²) in [6, 6.07) is 0. The van der Waals surface area contributed by atoms with Crippen molar-refractivity contribution in [3.63, 3.8) is 0 Å². The van der Waals surface area contributed by atoms with Crippen LogP contribution in [0.15, 0.2) is 0 Å². The summed E-state index contributed by atoms with van der Waals surface area (Å²) >= 11 is 0. The topological polar surface area (TPSA) is 80.3 Å². The van der Waals surface area contributed by atoms with Crippen molar-refractivity contribution in [1.82, 2.24) is 0 Å². The molecule has 0 amide bonds. The highest BCUT2D eigenvalue weighted by molar-refractivity contribution is 9.20. The Balaban J connectivity index is 3.18. The number of hydrogen-bond donors (Lipinski definition) is 0. The van der Waals surface area contributed by atoms with Crippen molar-refractivity contribution in [1.29, 1.82) is 0 Å². The second-order valence-electron chi connectivity index (χ2n) is 0.544. The molecule has 0 fully saturated rings. The van der Waals surface area contributed by atoms with Crippen LogP contribution in [0.1, 0.15) is 0 Å². The van der Waals surface area contributed by atoms with Crippen LogP contribution >= 0.6 is 19.7 Å². The molecule has 2 unspecified atom stereocenters. The standard InChI is InChI=1S/H2O4S4/c1-7(2)5-6-8(3)4/h(H,1,2)(H,3,4)/p-2. The van der Waals surface area contributed by atoms with Gasteiger partial charge >= 0.3 is 0 Å². The molecule has 0 saturated carbocycles. The normalized spacial score (nSPS) is 17.8. The van der Waals surface area contributed by atoms with E-state index in [4.69, 9.17) is 0 Å². The van der Waals surface area contributed by atoms with E-state index in [0.29, 0.717) is 0 Å². The fourth-order valence-electron chi connectivity index (χ4n) is 0.0454. The van der Waals surface area contributed by atoms with Crippen molar-refractivity contribution in [3.05, 3.63) is 0 Å². The Hall–Kier alpha value is 0.920. The van der Waals surface area contributed by atoms with Crippen LogP contribution in [0.3, 0.4) is 0 Å². The summed E-state index contributed by atoms with van der Waals surface area (Å²) in [7, 11) is -4.18. The van der Waals surface area contributed by atoms with E-state index in [9.17, 15) is 17.5 Å². The lowest BCUT2D eigenvalue weighted by Gasteiger charge is -2.02. The molecular weight excluding hydrogens is 192 g/mol. The van der Waals surface area contributed by atoms with E-state index in [0.717, 1.165) is 0 Å². The highest BCUT2D eigenvalue weighted by Gasteiger charge is 1.84. The molecule has 8 heteroatoms. The van der Waals surface area contributed by atoms with Gasteiger partial charge in [-0.1, -0.05) is 0 Å². The smallest absolute Gasteiger partial charge is 0.0188 e. The average molecular weight is 192 g/mol. The van der Waals surface area contributed by atoms with Crippen molar-refractivity contribution in [3.8, 4) is 0 Å². The predicted molar refractivity (Wildman–Crippen MR) is 33.0 cm³/mol. The molecule has 50 valence electrons. The lowest BCUT2D eigenvalue weighted by atomic mass is 15.9. The summed E-state index contributed by atoms with van der Waals surface area (Å²) in [5, 5.41) is 0. The van der Waals surface area contributed by atoms with E-state index in [2.05, 4.69) is 0 Å². The molecule has 0 heterocycles. The third kappa shape index (κ3) is 6.92. The maximum atomic E-state index is 9.57. The van der Waals surface area contributed by atoms with Crippen LogP contribution in [-0.2, 0) is 20.2 Å². The monoisotopic (exact) mass is 192 g/mol. The molecule has 0 radical (unpaired) electrons. The first-order valence-corrected chi connectivity index (χ1v) is 6.50. The van der Waals surface area contributed by atoms with Gasteiger partial charge in [0.1, 0.15) is 0 Å². The van der Waals surface area contributed by atoms with E-state index in [-0.39, 0.29) is 19.7 Å². The Morgan fingerprint density at radius 2 is 1.25 bits per heavy atom. The van der Waals surface area contributed by atoms with Gasteiger partial charge in [-0.05, 0) is 0 Å². The van der Waals surface area contributed by atoms with Gasteiger partial charge < -0.3 is 9.11 Å². The summed E-state index contributed by atoms with van der Waals surface area (Å²) in [5.41, 5.74) is 0. The Morgan fingerprint density at radius 1 is 1.00 bits per heavy atom. The first-order valence-electron chi connectivity index (χ1n) is 1.17. The molecule has 0 spiro atoms. The zero-order valence-corrected chi connectivity index (χ0v) is 6.53. The van der Waals surface area contributed by atoms with E-state index in [1.807, 2.05) is 0 Å². The highest BCUT2D eigenvalue weighted by Crippen LogP contribution is 2.25. The molecule has 0 aliphatic heterocycles. The summed E-state index contributed by atoms with van der Waals surface area (Å²) in [4.78, 5) is 0. The molecule has 0 rings (SSSR count). The fourth-order valence-corrected chi connectivity index (χ4v) is 3.67. The highest BCUT2D eigenvalue weighted by atomic mass is 33.7. The minimum Gasteiger partial charge on any atom is -0.763 e. The first-order chi connectivity index (χ1) is 3.63. The molecule has 0 aromatic carbocycles. The van der Waals surface area contributed by atoms with Crippen molar-refractivity contribution < 1.29 is 17.5 Å². The molecule has 0 saturated heterocycles. The summed E-state index contributed by atoms with van der Waals surface area (Å²) in [6.45, 7) is 0. The molecule has 4 nitrogen and oxygen atoms in total. The van der Waals surface area contributed by atoms with E-state index < -0.39 is 20.2 Å². The SMILES string of the molecule is O=S([O-])SSS(=O)[O-]. The largest absolute Gasteiger partial charge is 0.763 e. The minimum absolute atomic E-state index is 0.260. The molecule has 0 aliphatic rings. The lowest BCUT2D eigenvalue weighted by molar-refractivity contribution is 0.551. The summed E-state index contributed by atoms with van der Waals surface area (Å²) < 4.78 is 38.3. The van der Waals surface area contributed by atoms with Crippen LogP contribution < -0.4 is 0 Å². The van der Waals surface area contributed by atoms with Gasteiger partial charge in [0.2, 0.25) is 0 Å². The van der Waals surface area contributed by atoms with E-state index in [1.165, 1.54) is 0 Å². The summed E-state index contributed by atoms with van der Waals surface area (Å²) in [6.07, 6.45) is 0. The van der Waals surface area contributed by atoms with Gasteiger partial charge in [-0.3, -0.25) is 8.42 Å². The Labute approximate surface area is 57.6 Å². The molecule has 0 aromatic heterocycles. The zero-order chi connectivity index (χ0) is 6.57. The van der Waals surface area contributed by atoms with Crippen LogP contribution in [0.25, 0.3) is 0 Å². The Morgan fingerprint density at radius 3 is 1.38 bits per heavy atom. The summed E-state index contributed by atoms with van der Waals surface area (Å²) in [5.74, 6) is 0. The third-order valence-electron chi connectivity index (χ3n) is 0.139. The second kappa shape index (κ2) is 4.77. The third-order valence-corrected chi connectivity index (χ3v) is 5.25. The van der Waals surface area contributed by atoms with Crippen molar-refractivity contribution >= 4 is 39.9 Å². The molecule has 8 heavy (non-hydrogen) atoms. The molecule has 2 atom stereocenters. The van der Waals surface area contributed by atoms with Gasteiger partial charge in [0, 0.05) is 39.9 Å². The molecule has 0 aliphatic carbocycles. The van der Waals surface area contributed by atoms with Gasteiger partial charge in [0.05, 0.1) is 0 Å². The molecular formula is O4S4-2. The predicted octanol–water partition coefficient (Wildman–Crippen LogP) is -0.0440. The van der Waals surface area contributed by atoms with Crippen LogP contribution in [0, 0.1) is 0 Å². The van der Waals surface area contributed by atoms with Crippen LogP contribution in [0.4, 0.5) is 0 Å². The second-order valence-corrected chi connectivity index (χ2v) is 6.53. The van der Waals surface area contributed by atoms with E-state index >= 15 is 0 Å². The number of hydrogen-bond acceptors (Lipinski definition) is 6. The Bertz CT molecular complexity index is 92.6. The van der Waals surface area contributed by atoms with Crippen LogP contribution in [-0.4, -0.2) is 17.5 Å². The van der Waals surface area contributed by atoms with E-state index in [1.54, 1.807) is 0 Å². The van der Waals surface area contributed by atoms with Crippen LogP contribution in [0.2, 0.25) is 0 Å². The van der Waals surface area contributed by atoms with Crippen LogP contribution in [0.5, 0.6) is 0 Å². The minimum atomic E-state index is -2.35. The maximum absolute atomic E-state index is 9.57. The van der Waals surface area contributed by atoms with Gasteiger partial charge in [-0.15, -0.1) is 0 Å². The van der Waals surface area contributed by atoms with Gasteiger partial charge in [-0.2, -0.15) is 0 Å². The van der Waals surface area contributed by atoms with Gasteiger partial charge in [0.15, 0.2) is 0 Å². The van der Waals surface area contributed by atoms with Crippen molar-refractivity contribution in [2.45, 2.75) is 0 Å². The molecule has 0 N–H and O–H groups in total.